The van der Waals surface area contributed by atoms with Gasteiger partial charge in [0.25, 0.3) is 5.91 Å². The van der Waals surface area contributed by atoms with Gasteiger partial charge >= 0.3 is 0 Å². The summed E-state index contributed by atoms with van der Waals surface area (Å²) in [5, 5.41) is 8.73. The van der Waals surface area contributed by atoms with Crippen LogP contribution in [0.4, 0.5) is 0 Å². The summed E-state index contributed by atoms with van der Waals surface area (Å²) in [7, 11) is 1.59. The van der Waals surface area contributed by atoms with Crippen molar-refractivity contribution >= 4 is 11.8 Å². The number of carbonyl (C=O) groups excluding carboxylic acids is 2. The minimum absolute atomic E-state index is 0.0111. The van der Waals surface area contributed by atoms with Crippen LogP contribution in [0.5, 0.6) is 5.75 Å². The molecule has 2 rings (SSSR count). The van der Waals surface area contributed by atoms with E-state index in [0.717, 1.165) is 5.56 Å². The van der Waals surface area contributed by atoms with Gasteiger partial charge in [0.1, 0.15) is 12.4 Å². The number of hydrogen-bond acceptors (Lipinski definition) is 5. The van der Waals surface area contributed by atoms with Crippen molar-refractivity contribution < 1.29 is 24.3 Å². The van der Waals surface area contributed by atoms with Crippen LogP contribution in [-0.4, -0.2) is 47.3 Å². The number of methoxy groups -OCH3 is 1. The standard InChI is InChI=1S/C17H24N2O5/c1-11-10-24-14-7-12(16(21)18-22)5-6-13(14)9-19(11)15(20)8-17(2,3)23-4/h5-7,11,22H,8-10H2,1-4H3,(H,18,21)/t11-/m0/s1. The molecule has 0 spiro atoms. The summed E-state index contributed by atoms with van der Waals surface area (Å²) in [6.07, 6.45) is 0.272. The first-order chi connectivity index (χ1) is 11.3. The number of benzene rings is 1. The SMILES string of the molecule is COC(C)(C)CC(=O)N1Cc2ccc(C(=O)NO)cc2OC[C@@H]1C. The molecule has 1 aliphatic heterocycles. The molecule has 0 radical (unpaired) electrons. The second kappa shape index (κ2) is 7.19. The van der Waals surface area contributed by atoms with Gasteiger partial charge in [0.05, 0.1) is 18.1 Å². The van der Waals surface area contributed by atoms with Crippen molar-refractivity contribution in [2.45, 2.75) is 45.4 Å². The van der Waals surface area contributed by atoms with E-state index in [0.29, 0.717) is 24.5 Å². The van der Waals surface area contributed by atoms with Crippen LogP contribution in [-0.2, 0) is 16.1 Å². The van der Waals surface area contributed by atoms with E-state index >= 15 is 0 Å². The van der Waals surface area contributed by atoms with E-state index in [4.69, 9.17) is 14.7 Å². The second-order valence-electron chi connectivity index (χ2n) is 6.59. The molecule has 1 aromatic rings. The van der Waals surface area contributed by atoms with Crippen LogP contribution in [0.1, 0.15) is 43.1 Å². The van der Waals surface area contributed by atoms with Crippen molar-refractivity contribution in [3.63, 3.8) is 0 Å². The molecule has 2 amide bonds. The molecule has 1 aliphatic rings. The number of ether oxygens (including phenoxy) is 2. The number of rotatable bonds is 4. The highest BCUT2D eigenvalue weighted by Crippen LogP contribution is 2.28. The number of nitrogens with one attached hydrogen (secondary N) is 1. The molecule has 0 aromatic heterocycles. The number of nitrogens with zero attached hydrogens (tertiary/aromatic N) is 1. The fraction of sp³-hybridized carbons (Fsp3) is 0.529. The van der Waals surface area contributed by atoms with Crippen molar-refractivity contribution in [2.24, 2.45) is 0 Å². The zero-order valence-corrected chi connectivity index (χ0v) is 14.5. The van der Waals surface area contributed by atoms with Gasteiger partial charge in [-0.3, -0.25) is 14.8 Å². The molecule has 1 aromatic carbocycles. The van der Waals surface area contributed by atoms with Crippen LogP contribution >= 0.6 is 0 Å². The Morgan fingerprint density at radius 1 is 1.46 bits per heavy atom. The van der Waals surface area contributed by atoms with Crippen LogP contribution in [0.25, 0.3) is 0 Å². The molecule has 7 heteroatoms. The highest BCUT2D eigenvalue weighted by Gasteiger charge is 2.30. The Hall–Kier alpha value is -2.12. The Morgan fingerprint density at radius 2 is 2.17 bits per heavy atom. The Labute approximate surface area is 141 Å². The minimum Gasteiger partial charge on any atom is -0.491 e. The van der Waals surface area contributed by atoms with Crippen LogP contribution in [0.15, 0.2) is 18.2 Å². The first kappa shape index (κ1) is 18.2. The summed E-state index contributed by atoms with van der Waals surface area (Å²) in [6.45, 7) is 6.40. The lowest BCUT2D eigenvalue weighted by atomic mass is 10.0. The van der Waals surface area contributed by atoms with Crippen LogP contribution < -0.4 is 10.2 Å². The highest BCUT2D eigenvalue weighted by atomic mass is 16.5. The van der Waals surface area contributed by atoms with Gasteiger partial charge in [-0.05, 0) is 32.9 Å². The van der Waals surface area contributed by atoms with Crippen LogP contribution in [0.2, 0.25) is 0 Å². The van der Waals surface area contributed by atoms with Crippen molar-refractivity contribution in [1.29, 1.82) is 0 Å². The maximum Gasteiger partial charge on any atom is 0.274 e. The molecule has 0 unspecified atom stereocenters. The molecule has 0 saturated carbocycles. The molecule has 24 heavy (non-hydrogen) atoms. The molecule has 2 N–H and O–H groups in total. The molecular weight excluding hydrogens is 312 g/mol. The van der Waals surface area contributed by atoms with Crippen molar-refractivity contribution in [3.05, 3.63) is 29.3 Å². The number of hydroxylamine groups is 1. The largest absolute Gasteiger partial charge is 0.491 e. The van der Waals surface area contributed by atoms with E-state index < -0.39 is 11.5 Å². The number of fused-ring (bicyclic) bond motifs is 1. The summed E-state index contributed by atoms with van der Waals surface area (Å²) in [5.74, 6) is -0.0688. The second-order valence-corrected chi connectivity index (χ2v) is 6.59. The fourth-order valence-electron chi connectivity index (χ4n) is 2.54. The van der Waals surface area contributed by atoms with Crippen molar-refractivity contribution in [2.75, 3.05) is 13.7 Å². The normalized spacial score (nSPS) is 17.5. The molecule has 0 aliphatic carbocycles. The van der Waals surface area contributed by atoms with E-state index in [1.807, 2.05) is 20.8 Å². The molecule has 132 valence electrons. The van der Waals surface area contributed by atoms with Gasteiger partial charge in [0.2, 0.25) is 5.91 Å². The maximum absolute atomic E-state index is 12.7. The third-order valence-electron chi connectivity index (χ3n) is 4.23. The number of carbonyl (C=O) groups is 2. The predicted molar refractivity (Wildman–Crippen MR) is 86.9 cm³/mol. The first-order valence-electron chi connectivity index (χ1n) is 7.82. The Balaban J connectivity index is 2.23. The molecular formula is C17H24N2O5. The maximum atomic E-state index is 12.7. The van der Waals surface area contributed by atoms with E-state index in [-0.39, 0.29) is 18.4 Å². The summed E-state index contributed by atoms with van der Waals surface area (Å²) in [4.78, 5) is 25.9. The molecule has 0 fully saturated rings. The molecule has 1 atom stereocenters. The van der Waals surface area contributed by atoms with Gasteiger partial charge in [0.15, 0.2) is 0 Å². The first-order valence-corrected chi connectivity index (χ1v) is 7.82. The monoisotopic (exact) mass is 336 g/mol. The number of amides is 2. The van der Waals surface area contributed by atoms with Gasteiger partial charge in [-0.1, -0.05) is 6.07 Å². The minimum atomic E-state index is -0.603. The average Bonchev–Trinajstić information content (AvgIpc) is 2.72. The summed E-state index contributed by atoms with van der Waals surface area (Å²) < 4.78 is 11.1. The highest BCUT2D eigenvalue weighted by molar-refractivity contribution is 5.93. The van der Waals surface area contributed by atoms with Crippen molar-refractivity contribution in [3.8, 4) is 5.75 Å². The van der Waals surface area contributed by atoms with E-state index in [1.54, 1.807) is 35.7 Å². The predicted octanol–water partition coefficient (Wildman–Crippen LogP) is 1.73. The smallest absolute Gasteiger partial charge is 0.274 e. The summed E-state index contributed by atoms with van der Waals surface area (Å²) in [5.41, 5.74) is 2.18. The summed E-state index contributed by atoms with van der Waals surface area (Å²) in [6, 6.07) is 4.79. The summed E-state index contributed by atoms with van der Waals surface area (Å²) >= 11 is 0. The molecule has 0 bridgehead atoms. The third kappa shape index (κ3) is 4.04. The fourth-order valence-corrected chi connectivity index (χ4v) is 2.54. The Kier molecular flexibility index (Phi) is 5.46. The Morgan fingerprint density at radius 3 is 2.79 bits per heavy atom. The lowest BCUT2D eigenvalue weighted by Gasteiger charge is -2.30. The van der Waals surface area contributed by atoms with E-state index in [2.05, 4.69) is 0 Å². The van der Waals surface area contributed by atoms with E-state index in [1.165, 1.54) is 0 Å². The van der Waals surface area contributed by atoms with E-state index in [9.17, 15) is 9.59 Å². The zero-order valence-electron chi connectivity index (χ0n) is 14.5. The van der Waals surface area contributed by atoms with Crippen LogP contribution in [0, 0.1) is 0 Å². The number of hydrogen-bond donors (Lipinski definition) is 2. The van der Waals surface area contributed by atoms with Gasteiger partial charge in [-0.2, -0.15) is 0 Å². The molecule has 7 nitrogen and oxygen atoms in total. The quantitative estimate of drug-likeness (QED) is 0.646. The lowest BCUT2D eigenvalue weighted by Crippen LogP contribution is -2.43. The van der Waals surface area contributed by atoms with Gasteiger partial charge < -0.3 is 14.4 Å². The van der Waals surface area contributed by atoms with Crippen molar-refractivity contribution in [1.82, 2.24) is 10.4 Å². The Bertz CT molecular complexity index is 629. The van der Waals surface area contributed by atoms with Crippen LogP contribution in [0.3, 0.4) is 0 Å². The molecule has 1 heterocycles. The molecule has 0 saturated heterocycles. The zero-order chi connectivity index (χ0) is 17.9. The topological polar surface area (TPSA) is 88.1 Å². The lowest BCUT2D eigenvalue weighted by molar-refractivity contribution is -0.139. The van der Waals surface area contributed by atoms with Gasteiger partial charge in [-0.15, -0.1) is 0 Å². The average molecular weight is 336 g/mol. The third-order valence-corrected chi connectivity index (χ3v) is 4.23. The van der Waals surface area contributed by atoms with Gasteiger partial charge in [0, 0.05) is 24.8 Å². The van der Waals surface area contributed by atoms with Gasteiger partial charge in [-0.25, -0.2) is 5.48 Å².